The molecule has 1 aromatic rings. The van der Waals surface area contributed by atoms with Crippen molar-refractivity contribution in [1.29, 1.82) is 10.5 Å². The maximum Gasteiger partial charge on any atom is 2.00 e. The molecular formula is C8H2Cl2N2Pd+2. The van der Waals surface area contributed by atoms with E-state index < -0.39 is 0 Å². The molecule has 0 heterocycles. The van der Waals surface area contributed by atoms with Gasteiger partial charge in [0, 0.05) is 0 Å². The Labute approximate surface area is 99.3 Å². The predicted octanol–water partition coefficient (Wildman–Crippen LogP) is 2.73. The molecule has 2 nitrogen and oxygen atoms in total. The van der Waals surface area contributed by atoms with Gasteiger partial charge in [-0.05, 0) is 12.1 Å². The summed E-state index contributed by atoms with van der Waals surface area (Å²) >= 11 is 11.3. The summed E-state index contributed by atoms with van der Waals surface area (Å²) in [4.78, 5) is 0. The largest absolute Gasteiger partial charge is 2.00 e. The molecule has 0 saturated heterocycles. The zero-order valence-corrected chi connectivity index (χ0v) is 9.19. The third-order valence-corrected chi connectivity index (χ3v) is 2.13. The Bertz CT molecular complexity index is 404. The van der Waals surface area contributed by atoms with Gasteiger partial charge < -0.3 is 0 Å². The summed E-state index contributed by atoms with van der Waals surface area (Å²) in [5.41, 5.74) is 0.374. The number of halogens is 2. The van der Waals surface area contributed by atoms with Gasteiger partial charge in [0.1, 0.15) is 12.1 Å². The summed E-state index contributed by atoms with van der Waals surface area (Å²) in [6, 6.07) is 6.62. The van der Waals surface area contributed by atoms with Crippen LogP contribution in [0.15, 0.2) is 12.1 Å². The van der Waals surface area contributed by atoms with E-state index in [1.54, 1.807) is 0 Å². The van der Waals surface area contributed by atoms with Crippen LogP contribution in [0.25, 0.3) is 0 Å². The van der Waals surface area contributed by atoms with E-state index in [1.165, 1.54) is 12.1 Å². The van der Waals surface area contributed by atoms with Crippen molar-refractivity contribution < 1.29 is 20.4 Å². The second-order valence-electron chi connectivity index (χ2n) is 2.01. The summed E-state index contributed by atoms with van der Waals surface area (Å²) in [6.07, 6.45) is 0. The maximum atomic E-state index is 8.61. The van der Waals surface area contributed by atoms with Crippen LogP contribution in [0.3, 0.4) is 0 Å². The van der Waals surface area contributed by atoms with Crippen LogP contribution in [0.4, 0.5) is 0 Å². The molecule has 0 aliphatic carbocycles. The van der Waals surface area contributed by atoms with E-state index in [0.29, 0.717) is 0 Å². The van der Waals surface area contributed by atoms with Crippen molar-refractivity contribution in [1.82, 2.24) is 0 Å². The molecule has 0 unspecified atom stereocenters. The van der Waals surface area contributed by atoms with Crippen LogP contribution in [0.2, 0.25) is 10.0 Å². The first-order valence-electron chi connectivity index (χ1n) is 2.99. The molecule has 0 fully saturated rings. The Hall–Kier alpha value is -0.558. The van der Waals surface area contributed by atoms with Gasteiger partial charge in [0.2, 0.25) is 0 Å². The van der Waals surface area contributed by atoms with E-state index >= 15 is 0 Å². The first-order chi connectivity index (χ1) is 5.70. The predicted molar refractivity (Wildman–Crippen MR) is 45.9 cm³/mol. The van der Waals surface area contributed by atoms with Crippen LogP contribution in [0.5, 0.6) is 0 Å². The Morgan fingerprint density at radius 1 is 1.08 bits per heavy atom. The van der Waals surface area contributed by atoms with Crippen molar-refractivity contribution in [3.05, 3.63) is 33.3 Å². The first-order valence-corrected chi connectivity index (χ1v) is 3.74. The fourth-order valence-corrected chi connectivity index (χ4v) is 1.12. The number of nitrogens with zero attached hydrogens (tertiary/aromatic N) is 2. The standard InChI is InChI=1S/C8H2Cl2N2.Pd/c9-7-2-1-5(3-11)6(4-12)8(7)10;/h1-2H;/q;+2. The van der Waals surface area contributed by atoms with Crippen LogP contribution in [0.1, 0.15) is 11.1 Å². The van der Waals surface area contributed by atoms with Crippen molar-refractivity contribution in [2.24, 2.45) is 0 Å². The van der Waals surface area contributed by atoms with Crippen molar-refractivity contribution in [2.45, 2.75) is 0 Å². The molecule has 0 bridgehead atoms. The van der Waals surface area contributed by atoms with Crippen molar-refractivity contribution in [3.63, 3.8) is 0 Å². The van der Waals surface area contributed by atoms with Gasteiger partial charge in [-0.3, -0.25) is 0 Å². The Morgan fingerprint density at radius 3 is 2.15 bits per heavy atom. The van der Waals surface area contributed by atoms with Crippen LogP contribution in [0, 0.1) is 22.7 Å². The van der Waals surface area contributed by atoms with Gasteiger partial charge in [0.25, 0.3) is 0 Å². The van der Waals surface area contributed by atoms with Crippen LogP contribution < -0.4 is 0 Å². The molecule has 0 aliphatic rings. The van der Waals surface area contributed by atoms with E-state index in [2.05, 4.69) is 0 Å². The van der Waals surface area contributed by atoms with Crippen molar-refractivity contribution in [3.8, 4) is 12.1 Å². The van der Waals surface area contributed by atoms with Gasteiger partial charge in [0.15, 0.2) is 0 Å². The Morgan fingerprint density at radius 2 is 1.69 bits per heavy atom. The van der Waals surface area contributed by atoms with E-state index in [1.807, 2.05) is 12.1 Å². The van der Waals surface area contributed by atoms with Crippen LogP contribution in [-0.4, -0.2) is 0 Å². The number of nitriles is 2. The molecule has 0 atom stereocenters. The Kier molecular flexibility index (Phi) is 5.01. The molecule has 0 saturated carbocycles. The molecular weight excluding hydrogens is 301 g/mol. The quantitative estimate of drug-likeness (QED) is 0.692. The van der Waals surface area contributed by atoms with Gasteiger partial charge in [-0.2, -0.15) is 10.5 Å². The third-order valence-electron chi connectivity index (χ3n) is 1.33. The fraction of sp³-hybridized carbons (Fsp3) is 0. The van der Waals surface area contributed by atoms with E-state index in [-0.39, 0.29) is 41.6 Å². The van der Waals surface area contributed by atoms with Gasteiger partial charge >= 0.3 is 20.4 Å². The molecule has 0 spiro atoms. The molecule has 0 aromatic heterocycles. The van der Waals surface area contributed by atoms with Gasteiger partial charge in [-0.25, -0.2) is 0 Å². The molecule has 1 rings (SSSR count). The summed E-state index contributed by atoms with van der Waals surface area (Å²) in [5, 5.41) is 17.6. The molecule has 0 amide bonds. The Balaban J connectivity index is 0.00000144. The number of rotatable bonds is 0. The minimum Gasteiger partial charge on any atom is -0.192 e. The third kappa shape index (κ3) is 2.44. The summed E-state index contributed by atoms with van der Waals surface area (Å²) in [7, 11) is 0. The normalized spacial score (nSPS) is 8.00. The SMILES string of the molecule is N#Cc1ccc(Cl)c(Cl)c1C#N.[Pd+2]. The second kappa shape index (κ2) is 5.23. The molecule has 5 heteroatoms. The minimum absolute atomic E-state index is 0. The average Bonchev–Trinajstić information content (AvgIpc) is 2.09. The van der Waals surface area contributed by atoms with Crippen molar-refractivity contribution in [2.75, 3.05) is 0 Å². The second-order valence-corrected chi connectivity index (χ2v) is 2.79. The first kappa shape index (κ1) is 12.4. The number of hydrogen-bond donors (Lipinski definition) is 0. The fourth-order valence-electron chi connectivity index (χ4n) is 0.753. The summed E-state index contributed by atoms with van der Waals surface area (Å²) in [5.74, 6) is 0. The van der Waals surface area contributed by atoms with E-state index in [0.717, 1.165) is 0 Å². The van der Waals surface area contributed by atoms with Gasteiger partial charge in [-0.15, -0.1) is 0 Å². The smallest absolute Gasteiger partial charge is 0.192 e. The molecule has 1 aromatic carbocycles. The van der Waals surface area contributed by atoms with E-state index in [9.17, 15) is 0 Å². The monoisotopic (exact) mass is 302 g/mol. The van der Waals surface area contributed by atoms with Crippen molar-refractivity contribution >= 4 is 23.2 Å². The summed E-state index contributed by atoms with van der Waals surface area (Å²) < 4.78 is 0. The van der Waals surface area contributed by atoms with Crippen LogP contribution >= 0.6 is 23.2 Å². The zero-order chi connectivity index (χ0) is 9.14. The minimum atomic E-state index is 0. The molecule has 0 aliphatic heterocycles. The number of hydrogen-bond acceptors (Lipinski definition) is 2. The van der Waals surface area contributed by atoms with Gasteiger partial charge in [0.05, 0.1) is 21.2 Å². The summed E-state index contributed by atoms with van der Waals surface area (Å²) in [6.45, 7) is 0. The van der Waals surface area contributed by atoms with Crippen LogP contribution in [-0.2, 0) is 20.4 Å². The molecule has 13 heavy (non-hydrogen) atoms. The topological polar surface area (TPSA) is 47.6 Å². The number of benzene rings is 1. The molecule has 66 valence electrons. The average molecular weight is 303 g/mol. The molecule has 0 radical (unpaired) electrons. The van der Waals surface area contributed by atoms with E-state index in [4.69, 9.17) is 33.7 Å². The zero-order valence-electron chi connectivity index (χ0n) is 6.12. The van der Waals surface area contributed by atoms with Gasteiger partial charge in [-0.1, -0.05) is 23.2 Å². The molecule has 0 N–H and O–H groups in total. The maximum absolute atomic E-state index is 8.61.